The zero-order valence-corrected chi connectivity index (χ0v) is 10.9. The van der Waals surface area contributed by atoms with Crippen LogP contribution in [0.25, 0.3) is 0 Å². The molecule has 0 radical (unpaired) electrons. The van der Waals surface area contributed by atoms with Gasteiger partial charge in [0.2, 0.25) is 0 Å². The summed E-state index contributed by atoms with van der Waals surface area (Å²) in [5.74, 6) is -0.362. The summed E-state index contributed by atoms with van der Waals surface area (Å²) in [5, 5.41) is 0. The monoisotopic (exact) mass is 277 g/mol. The van der Waals surface area contributed by atoms with E-state index in [-0.39, 0.29) is 5.97 Å². The van der Waals surface area contributed by atoms with Crippen LogP contribution in [-0.4, -0.2) is 5.97 Å². The smallest absolute Gasteiger partial charge is 0.345 e. The van der Waals surface area contributed by atoms with E-state index in [4.69, 9.17) is 15.8 Å². The minimum Gasteiger partial charge on any atom is -0.405 e. The van der Waals surface area contributed by atoms with E-state index in [1.165, 1.54) is 0 Å². The van der Waals surface area contributed by atoms with Gasteiger partial charge in [-0.1, -0.05) is 30.3 Å². The fourth-order valence-corrected chi connectivity index (χ4v) is 3.54. The predicted molar refractivity (Wildman–Crippen MR) is 73.2 cm³/mol. The van der Waals surface area contributed by atoms with E-state index in [0.717, 1.165) is 11.4 Å². The lowest BCUT2D eigenvalue weighted by Crippen LogP contribution is -2.20. The topological polar surface area (TPSA) is 29.5 Å². The first-order valence-electron chi connectivity index (χ1n) is 5.40. The molecule has 0 fully saturated rings. The predicted octanol–water partition coefficient (Wildman–Crippen LogP) is 4.46. The highest BCUT2D eigenvalue weighted by molar-refractivity contribution is 7.82. The maximum atomic E-state index is 11.8. The zero-order valence-electron chi connectivity index (χ0n) is 9.29. The Morgan fingerprint density at radius 2 is 1.67 bits per heavy atom. The standard InChI is InChI=1S/C13H9ClNO2P/c14-18-15(10-6-2-1-3-7-10)12-9-5-4-8-11(12)13(16)17-18/h1-9H. The molecule has 0 spiro atoms. The molecule has 1 aliphatic rings. The van der Waals surface area contributed by atoms with Crippen LogP contribution in [0.1, 0.15) is 10.4 Å². The van der Waals surface area contributed by atoms with Gasteiger partial charge in [0.1, 0.15) is 0 Å². The highest BCUT2D eigenvalue weighted by atomic mass is 35.7. The summed E-state index contributed by atoms with van der Waals surface area (Å²) < 4.78 is 7.05. The first-order valence-corrected chi connectivity index (χ1v) is 7.51. The Balaban J connectivity index is 2.15. The molecule has 0 saturated carbocycles. The minimum absolute atomic E-state index is 0.362. The van der Waals surface area contributed by atoms with Crippen LogP contribution in [0.2, 0.25) is 0 Å². The van der Waals surface area contributed by atoms with Crippen molar-refractivity contribution in [1.29, 1.82) is 0 Å². The second kappa shape index (κ2) is 4.60. The molecule has 0 amide bonds. The van der Waals surface area contributed by atoms with Crippen LogP contribution in [0.3, 0.4) is 0 Å². The zero-order chi connectivity index (χ0) is 12.5. The summed E-state index contributed by atoms with van der Waals surface area (Å²) in [6, 6.07) is 17.0. The van der Waals surface area contributed by atoms with Crippen LogP contribution in [0.4, 0.5) is 11.4 Å². The summed E-state index contributed by atoms with van der Waals surface area (Å²) in [4.78, 5) is 11.8. The Labute approximate surface area is 111 Å². The van der Waals surface area contributed by atoms with Gasteiger partial charge < -0.3 is 4.52 Å². The van der Waals surface area contributed by atoms with Gasteiger partial charge in [-0.2, -0.15) is 0 Å². The molecular weight excluding hydrogens is 269 g/mol. The van der Waals surface area contributed by atoms with E-state index in [9.17, 15) is 4.79 Å². The number of nitrogens with zero attached hydrogens (tertiary/aromatic N) is 1. The SMILES string of the molecule is O=C1OP(Cl)N(c2ccccc2)c2ccccc21. The molecule has 2 aromatic rings. The highest BCUT2D eigenvalue weighted by Crippen LogP contribution is 2.57. The van der Waals surface area contributed by atoms with Crippen LogP contribution in [-0.2, 0) is 4.52 Å². The Morgan fingerprint density at radius 1 is 1.00 bits per heavy atom. The number of hydrogen-bond acceptors (Lipinski definition) is 3. The second-order valence-electron chi connectivity index (χ2n) is 3.77. The largest absolute Gasteiger partial charge is 0.405 e. The van der Waals surface area contributed by atoms with Crippen molar-refractivity contribution in [3.05, 3.63) is 60.2 Å². The third-order valence-corrected chi connectivity index (χ3v) is 4.41. The van der Waals surface area contributed by atoms with Crippen LogP contribution in [0, 0.1) is 0 Å². The van der Waals surface area contributed by atoms with Crippen LogP contribution < -0.4 is 4.67 Å². The van der Waals surface area contributed by atoms with Gasteiger partial charge in [-0.05, 0) is 35.5 Å². The molecule has 5 heteroatoms. The van der Waals surface area contributed by atoms with Gasteiger partial charge in [0.25, 0.3) is 0 Å². The number of rotatable bonds is 1. The molecule has 1 aliphatic heterocycles. The average molecular weight is 278 g/mol. The van der Waals surface area contributed by atoms with Crippen molar-refractivity contribution in [2.75, 3.05) is 4.67 Å². The molecule has 18 heavy (non-hydrogen) atoms. The minimum atomic E-state index is -1.50. The van der Waals surface area contributed by atoms with Gasteiger partial charge in [0.05, 0.1) is 11.3 Å². The molecular formula is C13H9ClNO2P. The number of benzene rings is 2. The number of hydrogen-bond donors (Lipinski definition) is 0. The van der Waals surface area contributed by atoms with E-state index in [2.05, 4.69) is 0 Å². The Morgan fingerprint density at radius 3 is 2.44 bits per heavy atom. The molecule has 0 saturated heterocycles. The van der Waals surface area contributed by atoms with Gasteiger partial charge in [-0.25, -0.2) is 4.79 Å². The number of fused-ring (bicyclic) bond motifs is 1. The van der Waals surface area contributed by atoms with Crippen LogP contribution in [0.5, 0.6) is 0 Å². The number of halogens is 1. The summed E-state index contributed by atoms with van der Waals surface area (Å²) in [6.07, 6.45) is 0. The van der Waals surface area contributed by atoms with Gasteiger partial charge in [0.15, 0.2) is 0 Å². The summed E-state index contributed by atoms with van der Waals surface area (Å²) >= 11 is 6.19. The maximum absolute atomic E-state index is 11.8. The normalized spacial score (nSPS) is 18.2. The van der Waals surface area contributed by atoms with Crippen molar-refractivity contribution in [2.24, 2.45) is 0 Å². The molecule has 1 heterocycles. The first kappa shape index (κ1) is 11.5. The van der Waals surface area contributed by atoms with Crippen LogP contribution >= 0.6 is 18.9 Å². The Kier molecular flexibility index (Phi) is 2.94. The van der Waals surface area contributed by atoms with E-state index >= 15 is 0 Å². The molecule has 0 bridgehead atoms. The van der Waals surface area contributed by atoms with Crippen molar-refractivity contribution in [1.82, 2.24) is 0 Å². The number of carbonyl (C=O) groups excluding carboxylic acids is 1. The van der Waals surface area contributed by atoms with E-state index in [1.54, 1.807) is 6.07 Å². The molecule has 0 aliphatic carbocycles. The first-order chi connectivity index (χ1) is 8.77. The Bertz CT molecular complexity index is 591. The van der Waals surface area contributed by atoms with Crippen molar-refractivity contribution in [2.45, 2.75) is 0 Å². The fraction of sp³-hybridized carbons (Fsp3) is 0. The quantitative estimate of drug-likeness (QED) is 0.721. The third-order valence-electron chi connectivity index (χ3n) is 2.67. The summed E-state index contributed by atoms with van der Waals surface area (Å²) in [6.45, 7) is 0. The molecule has 1 atom stereocenters. The summed E-state index contributed by atoms with van der Waals surface area (Å²) in [7, 11) is -1.50. The van der Waals surface area contributed by atoms with Crippen molar-refractivity contribution >= 4 is 36.2 Å². The molecule has 0 N–H and O–H groups in total. The molecule has 3 nitrogen and oxygen atoms in total. The van der Waals surface area contributed by atoms with Crippen molar-refractivity contribution in [3.8, 4) is 0 Å². The van der Waals surface area contributed by atoms with Crippen LogP contribution in [0.15, 0.2) is 54.6 Å². The van der Waals surface area contributed by atoms with Gasteiger partial charge in [-0.15, -0.1) is 0 Å². The van der Waals surface area contributed by atoms with Crippen molar-refractivity contribution in [3.63, 3.8) is 0 Å². The lowest BCUT2D eigenvalue weighted by Gasteiger charge is -2.32. The van der Waals surface area contributed by atoms with Crippen molar-refractivity contribution < 1.29 is 9.32 Å². The number of anilines is 2. The lowest BCUT2D eigenvalue weighted by molar-refractivity contribution is 0.0754. The van der Waals surface area contributed by atoms with Gasteiger partial charge in [0, 0.05) is 5.69 Å². The van der Waals surface area contributed by atoms with Gasteiger partial charge >= 0.3 is 13.6 Å². The summed E-state index contributed by atoms with van der Waals surface area (Å²) in [5.41, 5.74) is 2.25. The van der Waals surface area contributed by atoms with E-state index < -0.39 is 7.65 Å². The average Bonchev–Trinajstić information content (AvgIpc) is 2.40. The Hall–Kier alpha value is -1.57. The van der Waals surface area contributed by atoms with E-state index in [1.807, 2.05) is 53.2 Å². The second-order valence-corrected chi connectivity index (χ2v) is 5.67. The highest BCUT2D eigenvalue weighted by Gasteiger charge is 2.33. The van der Waals surface area contributed by atoms with E-state index in [0.29, 0.717) is 5.56 Å². The third kappa shape index (κ3) is 1.86. The number of carbonyl (C=O) groups is 1. The molecule has 2 aromatic carbocycles. The molecule has 90 valence electrons. The number of para-hydroxylation sites is 2. The molecule has 1 unspecified atom stereocenters. The fourth-order valence-electron chi connectivity index (χ4n) is 1.87. The molecule has 3 rings (SSSR count). The molecule has 0 aromatic heterocycles. The lowest BCUT2D eigenvalue weighted by atomic mass is 10.1. The maximum Gasteiger partial charge on any atom is 0.345 e. The van der Waals surface area contributed by atoms with Gasteiger partial charge in [-0.3, -0.25) is 4.67 Å².